The molecule has 10 heteroatoms. The van der Waals surface area contributed by atoms with Crippen LogP contribution in [0, 0.1) is 11.6 Å². The molecule has 26 heavy (non-hydrogen) atoms. The number of nitrogens with one attached hydrogen (secondary N) is 2. The number of benzene rings is 1. The molecule has 132 valence electrons. The Morgan fingerprint density at radius 2 is 2.12 bits per heavy atom. The van der Waals surface area contributed by atoms with Gasteiger partial charge in [-0.25, -0.2) is 8.78 Å². The lowest BCUT2D eigenvalue weighted by Gasteiger charge is -2.24. The summed E-state index contributed by atoms with van der Waals surface area (Å²) in [6, 6.07) is 5.28. The van der Waals surface area contributed by atoms with Crippen molar-refractivity contribution in [3.05, 3.63) is 48.2 Å². The lowest BCUT2D eigenvalue weighted by Crippen LogP contribution is -2.35. The molecule has 0 saturated carbocycles. The van der Waals surface area contributed by atoms with Gasteiger partial charge in [0.05, 0.1) is 12.7 Å². The molecule has 0 aliphatic carbocycles. The van der Waals surface area contributed by atoms with Gasteiger partial charge in [0.15, 0.2) is 17.4 Å². The van der Waals surface area contributed by atoms with Gasteiger partial charge >= 0.3 is 0 Å². The molecule has 3 heterocycles. The summed E-state index contributed by atoms with van der Waals surface area (Å²) in [6.07, 6.45) is 1.27. The van der Waals surface area contributed by atoms with E-state index in [4.69, 9.17) is 4.42 Å². The standard InChI is InChI=1S/C16H11F2N5O3/c17-9-4-3-8(6-10(9)18)19-15(25)11-7-13(24)20-16-22-21-14(23(11)16)12-2-1-5-26-12/h1-6,11H,7H2,(H,19,25)(H,20,22,24)/t11-/m0/s1. The number of fused-ring (bicyclic) bond motifs is 1. The van der Waals surface area contributed by atoms with Crippen molar-refractivity contribution in [2.24, 2.45) is 0 Å². The zero-order valence-electron chi connectivity index (χ0n) is 13.1. The van der Waals surface area contributed by atoms with Gasteiger partial charge in [0.1, 0.15) is 6.04 Å². The third-order valence-electron chi connectivity index (χ3n) is 3.87. The van der Waals surface area contributed by atoms with Crippen molar-refractivity contribution in [1.82, 2.24) is 14.8 Å². The molecule has 2 aromatic heterocycles. The van der Waals surface area contributed by atoms with Gasteiger partial charge in [-0.1, -0.05) is 0 Å². The van der Waals surface area contributed by atoms with Gasteiger partial charge in [-0.2, -0.15) is 0 Å². The third kappa shape index (κ3) is 2.70. The van der Waals surface area contributed by atoms with Crippen LogP contribution in [-0.4, -0.2) is 26.6 Å². The molecule has 0 radical (unpaired) electrons. The van der Waals surface area contributed by atoms with Crippen LogP contribution in [0.15, 0.2) is 41.0 Å². The number of hydrogen-bond acceptors (Lipinski definition) is 5. The van der Waals surface area contributed by atoms with E-state index in [1.807, 2.05) is 0 Å². The topological polar surface area (TPSA) is 102 Å². The molecule has 1 aliphatic heterocycles. The van der Waals surface area contributed by atoms with E-state index in [-0.39, 0.29) is 23.9 Å². The maximum atomic E-state index is 13.3. The third-order valence-corrected chi connectivity index (χ3v) is 3.87. The molecule has 0 unspecified atom stereocenters. The minimum atomic E-state index is -1.09. The Hall–Kier alpha value is -3.56. The Balaban J connectivity index is 1.68. The van der Waals surface area contributed by atoms with Crippen LogP contribution < -0.4 is 10.6 Å². The van der Waals surface area contributed by atoms with Gasteiger partial charge in [0.2, 0.25) is 23.6 Å². The van der Waals surface area contributed by atoms with Gasteiger partial charge in [0.25, 0.3) is 0 Å². The van der Waals surface area contributed by atoms with Gasteiger partial charge in [-0.3, -0.25) is 19.5 Å². The first kappa shape index (κ1) is 15.9. The molecule has 2 N–H and O–H groups in total. The van der Waals surface area contributed by atoms with E-state index in [1.54, 1.807) is 12.1 Å². The molecule has 1 aromatic carbocycles. The van der Waals surface area contributed by atoms with Crippen molar-refractivity contribution in [3.8, 4) is 11.6 Å². The van der Waals surface area contributed by atoms with Gasteiger partial charge in [-0.15, -0.1) is 10.2 Å². The molecule has 1 atom stereocenters. The summed E-state index contributed by atoms with van der Waals surface area (Å²) in [5.41, 5.74) is 0.0639. The van der Waals surface area contributed by atoms with E-state index < -0.39 is 29.5 Å². The Morgan fingerprint density at radius 1 is 1.27 bits per heavy atom. The van der Waals surface area contributed by atoms with Crippen LogP contribution in [0.1, 0.15) is 12.5 Å². The molecule has 0 bridgehead atoms. The van der Waals surface area contributed by atoms with Crippen LogP contribution in [0.3, 0.4) is 0 Å². The summed E-state index contributed by atoms with van der Waals surface area (Å²) in [5, 5.41) is 12.8. The van der Waals surface area contributed by atoms with E-state index in [0.29, 0.717) is 5.76 Å². The second kappa shape index (κ2) is 6.06. The number of aromatic nitrogens is 3. The van der Waals surface area contributed by atoms with Crippen LogP contribution in [0.2, 0.25) is 0 Å². The predicted molar refractivity (Wildman–Crippen MR) is 85.0 cm³/mol. The maximum Gasteiger partial charge on any atom is 0.248 e. The number of nitrogens with zero attached hydrogens (tertiary/aromatic N) is 3. The van der Waals surface area contributed by atoms with Crippen LogP contribution in [0.25, 0.3) is 11.6 Å². The fourth-order valence-electron chi connectivity index (χ4n) is 2.70. The lowest BCUT2D eigenvalue weighted by atomic mass is 10.1. The number of furan rings is 1. The first-order valence-corrected chi connectivity index (χ1v) is 7.57. The molecular weight excluding hydrogens is 348 g/mol. The minimum absolute atomic E-state index is 0.0639. The summed E-state index contributed by atoms with van der Waals surface area (Å²) in [7, 11) is 0. The fraction of sp³-hybridized carbons (Fsp3) is 0.125. The summed E-state index contributed by atoms with van der Waals surface area (Å²) in [4.78, 5) is 24.6. The molecule has 8 nitrogen and oxygen atoms in total. The van der Waals surface area contributed by atoms with E-state index >= 15 is 0 Å². The highest BCUT2D eigenvalue weighted by atomic mass is 19.2. The lowest BCUT2D eigenvalue weighted by molar-refractivity contribution is -0.125. The molecule has 2 amide bonds. The van der Waals surface area contributed by atoms with Crippen LogP contribution in [0.5, 0.6) is 0 Å². The normalized spacial score (nSPS) is 16.1. The van der Waals surface area contributed by atoms with Gasteiger partial charge < -0.3 is 9.73 Å². The molecule has 1 aliphatic rings. The van der Waals surface area contributed by atoms with E-state index in [2.05, 4.69) is 20.8 Å². The fourth-order valence-corrected chi connectivity index (χ4v) is 2.70. The summed E-state index contributed by atoms with van der Waals surface area (Å²) >= 11 is 0. The number of halogens is 2. The number of hydrogen-bond donors (Lipinski definition) is 2. The highest BCUT2D eigenvalue weighted by molar-refractivity contribution is 6.01. The average molecular weight is 359 g/mol. The zero-order chi connectivity index (χ0) is 18.3. The number of rotatable bonds is 3. The largest absolute Gasteiger partial charge is 0.461 e. The highest BCUT2D eigenvalue weighted by Crippen LogP contribution is 2.31. The summed E-state index contributed by atoms with van der Waals surface area (Å²) in [6.45, 7) is 0. The zero-order valence-corrected chi connectivity index (χ0v) is 13.1. The molecule has 3 aromatic rings. The van der Waals surface area contributed by atoms with Crippen molar-refractivity contribution in [2.75, 3.05) is 10.6 Å². The predicted octanol–water partition coefficient (Wildman–Crippen LogP) is 2.34. The monoisotopic (exact) mass is 359 g/mol. The highest BCUT2D eigenvalue weighted by Gasteiger charge is 2.35. The Labute approximate surface area is 144 Å². The number of amides is 2. The number of anilines is 2. The summed E-state index contributed by atoms with van der Waals surface area (Å²) in [5.74, 6) is -2.41. The van der Waals surface area contributed by atoms with Crippen molar-refractivity contribution < 1.29 is 22.8 Å². The second-order valence-corrected chi connectivity index (χ2v) is 5.58. The quantitative estimate of drug-likeness (QED) is 0.747. The van der Waals surface area contributed by atoms with Crippen molar-refractivity contribution in [3.63, 3.8) is 0 Å². The van der Waals surface area contributed by atoms with E-state index in [1.165, 1.54) is 16.9 Å². The van der Waals surface area contributed by atoms with Gasteiger partial charge in [0, 0.05) is 11.8 Å². The first-order chi connectivity index (χ1) is 12.5. The molecular formula is C16H11F2N5O3. The van der Waals surface area contributed by atoms with Crippen LogP contribution in [-0.2, 0) is 9.59 Å². The van der Waals surface area contributed by atoms with Crippen molar-refractivity contribution in [2.45, 2.75) is 12.5 Å². The van der Waals surface area contributed by atoms with Gasteiger partial charge in [-0.05, 0) is 24.3 Å². The number of carbonyl (C=O) groups excluding carboxylic acids is 2. The van der Waals surface area contributed by atoms with Crippen molar-refractivity contribution >= 4 is 23.5 Å². The van der Waals surface area contributed by atoms with Crippen LogP contribution >= 0.6 is 0 Å². The minimum Gasteiger partial charge on any atom is -0.461 e. The smallest absolute Gasteiger partial charge is 0.248 e. The average Bonchev–Trinajstić information content (AvgIpc) is 3.26. The van der Waals surface area contributed by atoms with E-state index in [9.17, 15) is 18.4 Å². The van der Waals surface area contributed by atoms with Crippen molar-refractivity contribution in [1.29, 1.82) is 0 Å². The SMILES string of the molecule is O=C1C[C@@H](C(=O)Nc2ccc(F)c(F)c2)n2c(nnc2-c2ccco2)N1. The summed E-state index contributed by atoms with van der Waals surface area (Å²) < 4.78 is 33.1. The Kier molecular flexibility index (Phi) is 3.72. The van der Waals surface area contributed by atoms with Crippen LogP contribution in [0.4, 0.5) is 20.4 Å². The Bertz CT molecular complexity index is 999. The first-order valence-electron chi connectivity index (χ1n) is 7.57. The Morgan fingerprint density at radius 3 is 2.85 bits per heavy atom. The molecule has 0 spiro atoms. The molecule has 4 rings (SSSR count). The second-order valence-electron chi connectivity index (χ2n) is 5.58. The van der Waals surface area contributed by atoms with E-state index in [0.717, 1.165) is 12.1 Å². The molecule has 0 saturated heterocycles. The molecule has 0 fully saturated rings. The maximum absolute atomic E-state index is 13.3. The number of carbonyl (C=O) groups is 2.